The maximum absolute atomic E-state index is 5.91. The van der Waals surface area contributed by atoms with Crippen molar-refractivity contribution in [3.63, 3.8) is 0 Å². The van der Waals surface area contributed by atoms with Gasteiger partial charge in [0, 0.05) is 24.5 Å². The number of nitrogen functional groups attached to an aromatic ring is 1. The van der Waals surface area contributed by atoms with E-state index in [0.29, 0.717) is 0 Å². The number of benzene rings is 1. The van der Waals surface area contributed by atoms with Gasteiger partial charge in [0.25, 0.3) is 0 Å². The molecule has 1 saturated heterocycles. The van der Waals surface area contributed by atoms with E-state index in [4.69, 9.17) is 5.73 Å². The van der Waals surface area contributed by atoms with Crippen LogP contribution >= 0.6 is 0 Å². The average Bonchev–Trinajstić information content (AvgIpc) is 2.17. The Kier molecular flexibility index (Phi) is 3.08. The summed E-state index contributed by atoms with van der Waals surface area (Å²) in [6.07, 6.45) is 2.67. The summed E-state index contributed by atoms with van der Waals surface area (Å²) in [6, 6.07) is 4.32. The predicted molar refractivity (Wildman–Crippen MR) is 70.9 cm³/mol. The first-order chi connectivity index (χ1) is 7.61. The smallest absolute Gasteiger partial charge is 0.0400 e. The number of aryl methyl sites for hydroxylation is 2. The Labute approximate surface area is 98.4 Å². The lowest BCUT2D eigenvalue weighted by atomic mass is 9.93. The minimum Gasteiger partial charge on any atom is -0.399 e. The highest BCUT2D eigenvalue weighted by atomic mass is 15.2. The van der Waals surface area contributed by atoms with Crippen LogP contribution in [-0.2, 0) is 0 Å². The molecule has 16 heavy (non-hydrogen) atoms. The third-order valence-electron chi connectivity index (χ3n) is 3.58. The summed E-state index contributed by atoms with van der Waals surface area (Å²) in [4.78, 5) is 2.47. The first kappa shape index (κ1) is 11.3. The second kappa shape index (κ2) is 4.36. The molecule has 0 unspecified atom stereocenters. The zero-order valence-electron chi connectivity index (χ0n) is 10.6. The van der Waals surface area contributed by atoms with Crippen molar-refractivity contribution in [2.45, 2.75) is 33.6 Å². The van der Waals surface area contributed by atoms with Crippen LogP contribution in [0.5, 0.6) is 0 Å². The molecule has 0 aliphatic carbocycles. The Morgan fingerprint density at radius 2 is 1.94 bits per heavy atom. The van der Waals surface area contributed by atoms with Crippen LogP contribution < -0.4 is 10.6 Å². The Morgan fingerprint density at radius 1 is 1.25 bits per heavy atom. The van der Waals surface area contributed by atoms with Gasteiger partial charge >= 0.3 is 0 Å². The lowest BCUT2D eigenvalue weighted by molar-refractivity contribution is 0.380. The van der Waals surface area contributed by atoms with Crippen LogP contribution in [0.2, 0.25) is 0 Å². The normalized spacial score (nSPS) is 16.3. The van der Waals surface area contributed by atoms with E-state index >= 15 is 0 Å². The molecule has 0 radical (unpaired) electrons. The van der Waals surface area contributed by atoms with E-state index in [9.17, 15) is 0 Å². The summed E-state index contributed by atoms with van der Waals surface area (Å²) < 4.78 is 0. The number of nitrogens with two attached hydrogens (primary N) is 1. The fraction of sp³-hybridized carbons (Fsp3) is 0.571. The van der Waals surface area contributed by atoms with E-state index in [1.54, 1.807) is 0 Å². The van der Waals surface area contributed by atoms with Gasteiger partial charge in [-0.25, -0.2) is 0 Å². The van der Waals surface area contributed by atoms with Gasteiger partial charge in [-0.15, -0.1) is 0 Å². The molecular weight excluding hydrogens is 196 g/mol. The van der Waals surface area contributed by atoms with Crippen LogP contribution in [0.25, 0.3) is 0 Å². The molecular formula is C14H22N2. The van der Waals surface area contributed by atoms with E-state index < -0.39 is 0 Å². The molecule has 0 atom stereocenters. The standard InChI is InChI=1S/C14H22N2/c1-4-5-12-8-16(9-12)14-7-10(2)13(15)6-11(14)3/h6-7,12H,4-5,8-9,15H2,1-3H3. The van der Waals surface area contributed by atoms with Crippen molar-refractivity contribution in [3.8, 4) is 0 Å². The van der Waals surface area contributed by atoms with Gasteiger partial charge in [0.2, 0.25) is 0 Å². The topological polar surface area (TPSA) is 29.3 Å². The number of hydrogen-bond donors (Lipinski definition) is 1. The van der Waals surface area contributed by atoms with Gasteiger partial charge in [-0.3, -0.25) is 0 Å². The molecule has 2 rings (SSSR count). The van der Waals surface area contributed by atoms with Crippen LogP contribution in [0.3, 0.4) is 0 Å². The van der Waals surface area contributed by atoms with Crippen LogP contribution in [-0.4, -0.2) is 13.1 Å². The molecule has 1 fully saturated rings. The van der Waals surface area contributed by atoms with Crippen molar-refractivity contribution >= 4 is 11.4 Å². The average molecular weight is 218 g/mol. The number of rotatable bonds is 3. The van der Waals surface area contributed by atoms with Crippen LogP contribution in [0, 0.1) is 19.8 Å². The van der Waals surface area contributed by atoms with E-state index in [1.165, 1.54) is 42.7 Å². The van der Waals surface area contributed by atoms with Gasteiger partial charge in [0.05, 0.1) is 0 Å². The number of hydrogen-bond acceptors (Lipinski definition) is 2. The van der Waals surface area contributed by atoms with E-state index in [0.717, 1.165) is 11.6 Å². The summed E-state index contributed by atoms with van der Waals surface area (Å²) in [5, 5.41) is 0. The van der Waals surface area contributed by atoms with Crippen molar-refractivity contribution in [1.82, 2.24) is 0 Å². The molecule has 2 nitrogen and oxygen atoms in total. The summed E-state index contributed by atoms with van der Waals surface area (Å²) in [5.41, 5.74) is 10.7. The van der Waals surface area contributed by atoms with Crippen molar-refractivity contribution in [1.29, 1.82) is 0 Å². The lowest BCUT2D eigenvalue weighted by Crippen LogP contribution is -2.47. The molecule has 0 amide bonds. The summed E-state index contributed by atoms with van der Waals surface area (Å²) in [7, 11) is 0. The fourth-order valence-corrected chi connectivity index (χ4v) is 2.52. The quantitative estimate of drug-likeness (QED) is 0.790. The van der Waals surface area contributed by atoms with Crippen LogP contribution in [0.1, 0.15) is 30.9 Å². The number of nitrogens with zero attached hydrogens (tertiary/aromatic N) is 1. The minimum atomic E-state index is 0.905. The molecule has 2 heteroatoms. The molecule has 1 heterocycles. The highest BCUT2D eigenvalue weighted by molar-refractivity contribution is 5.64. The maximum atomic E-state index is 5.91. The molecule has 1 aliphatic heterocycles. The fourth-order valence-electron chi connectivity index (χ4n) is 2.52. The van der Waals surface area contributed by atoms with Crippen LogP contribution in [0.4, 0.5) is 11.4 Å². The molecule has 88 valence electrons. The molecule has 1 aliphatic rings. The van der Waals surface area contributed by atoms with Crippen molar-refractivity contribution in [2.75, 3.05) is 23.7 Å². The van der Waals surface area contributed by atoms with Gasteiger partial charge in [0.1, 0.15) is 0 Å². The highest BCUT2D eigenvalue weighted by Gasteiger charge is 2.26. The monoisotopic (exact) mass is 218 g/mol. The Bertz CT molecular complexity index is 379. The number of anilines is 2. The minimum absolute atomic E-state index is 0.905. The summed E-state index contributed by atoms with van der Waals surface area (Å²) in [6.45, 7) is 8.94. The largest absolute Gasteiger partial charge is 0.399 e. The van der Waals surface area contributed by atoms with E-state index in [1.807, 2.05) is 0 Å². The Hall–Kier alpha value is -1.18. The summed E-state index contributed by atoms with van der Waals surface area (Å²) in [5.74, 6) is 0.905. The van der Waals surface area contributed by atoms with E-state index in [-0.39, 0.29) is 0 Å². The Morgan fingerprint density at radius 3 is 2.56 bits per heavy atom. The third kappa shape index (κ3) is 2.01. The zero-order valence-corrected chi connectivity index (χ0v) is 10.6. The third-order valence-corrected chi connectivity index (χ3v) is 3.58. The first-order valence-electron chi connectivity index (χ1n) is 6.23. The molecule has 2 N–H and O–H groups in total. The molecule has 1 aromatic rings. The first-order valence-corrected chi connectivity index (χ1v) is 6.23. The van der Waals surface area contributed by atoms with E-state index in [2.05, 4.69) is 37.8 Å². The zero-order chi connectivity index (χ0) is 11.7. The maximum Gasteiger partial charge on any atom is 0.0400 e. The SMILES string of the molecule is CCCC1CN(c2cc(C)c(N)cc2C)C1. The van der Waals surface area contributed by atoms with Crippen LogP contribution in [0.15, 0.2) is 12.1 Å². The second-order valence-electron chi connectivity index (χ2n) is 5.05. The molecule has 0 bridgehead atoms. The second-order valence-corrected chi connectivity index (χ2v) is 5.05. The van der Waals surface area contributed by atoms with Crippen molar-refractivity contribution in [2.24, 2.45) is 5.92 Å². The molecule has 1 aromatic carbocycles. The van der Waals surface area contributed by atoms with Gasteiger partial charge < -0.3 is 10.6 Å². The van der Waals surface area contributed by atoms with Gasteiger partial charge in [-0.1, -0.05) is 13.3 Å². The van der Waals surface area contributed by atoms with Crippen molar-refractivity contribution < 1.29 is 0 Å². The predicted octanol–water partition coefficient (Wildman–Crippen LogP) is 3.12. The molecule has 0 spiro atoms. The van der Waals surface area contributed by atoms with Gasteiger partial charge in [-0.2, -0.15) is 0 Å². The van der Waals surface area contributed by atoms with Crippen molar-refractivity contribution in [3.05, 3.63) is 23.3 Å². The molecule has 0 saturated carbocycles. The highest BCUT2D eigenvalue weighted by Crippen LogP contribution is 2.32. The lowest BCUT2D eigenvalue weighted by Gasteiger charge is -2.42. The Balaban J connectivity index is 2.09. The molecule has 0 aromatic heterocycles. The summed E-state index contributed by atoms with van der Waals surface area (Å²) >= 11 is 0. The van der Waals surface area contributed by atoms with Gasteiger partial charge in [-0.05, 0) is 49.4 Å². The van der Waals surface area contributed by atoms with Gasteiger partial charge in [0.15, 0.2) is 0 Å².